The van der Waals surface area contributed by atoms with Gasteiger partial charge in [-0.3, -0.25) is 0 Å². The molecular weight excluding hydrogens is 409 g/mol. The molecule has 1 heterocycles. The summed E-state index contributed by atoms with van der Waals surface area (Å²) in [6.45, 7) is 1.76. The minimum Gasteiger partial charge on any atom is -0.493 e. The fourth-order valence-corrected chi connectivity index (χ4v) is 3.49. The van der Waals surface area contributed by atoms with Gasteiger partial charge in [-0.1, -0.05) is 0 Å². The van der Waals surface area contributed by atoms with E-state index in [2.05, 4.69) is 15.3 Å². The van der Waals surface area contributed by atoms with E-state index < -0.39 is 17.8 Å². The van der Waals surface area contributed by atoms with Crippen LogP contribution in [0.5, 0.6) is 11.5 Å². The first-order valence-electron chi connectivity index (χ1n) is 9.87. The molecule has 6 nitrogen and oxygen atoms in total. The van der Waals surface area contributed by atoms with Gasteiger partial charge >= 0.3 is 6.18 Å². The normalized spacial score (nSPS) is 15.0. The number of nitrogen functional groups attached to an aromatic ring is 1. The quantitative estimate of drug-likeness (QED) is 0.515. The average Bonchev–Trinajstić information content (AvgIpc) is 3.57. The number of fused-ring (bicyclic) bond motifs is 1. The number of nitrogens with one attached hydrogen (secondary N) is 1. The van der Waals surface area contributed by atoms with Crippen LogP contribution in [0, 0.1) is 0 Å². The maximum Gasteiger partial charge on any atom is 0.416 e. The summed E-state index contributed by atoms with van der Waals surface area (Å²) in [5.74, 6) is 2.57. The van der Waals surface area contributed by atoms with Crippen LogP contribution in [0.1, 0.15) is 48.7 Å². The topological polar surface area (TPSA) is 82.3 Å². The van der Waals surface area contributed by atoms with Crippen molar-refractivity contribution in [3.8, 4) is 11.5 Å². The van der Waals surface area contributed by atoms with Gasteiger partial charge in [0.15, 0.2) is 11.5 Å². The molecule has 1 aliphatic carbocycles. The maximum absolute atomic E-state index is 13.2. The summed E-state index contributed by atoms with van der Waals surface area (Å²) in [6, 6.07) is 6.62. The van der Waals surface area contributed by atoms with Gasteiger partial charge in [-0.15, -0.1) is 0 Å². The molecule has 2 aromatic carbocycles. The van der Waals surface area contributed by atoms with Gasteiger partial charge in [-0.2, -0.15) is 13.2 Å². The van der Waals surface area contributed by atoms with Gasteiger partial charge in [0.05, 0.1) is 31.3 Å². The molecule has 1 unspecified atom stereocenters. The van der Waals surface area contributed by atoms with Crippen LogP contribution in [0.4, 0.5) is 24.7 Å². The lowest BCUT2D eigenvalue weighted by Crippen LogP contribution is -2.13. The lowest BCUT2D eigenvalue weighted by atomic mass is 10.0. The summed E-state index contributed by atoms with van der Waals surface area (Å²) >= 11 is 0. The maximum atomic E-state index is 13.2. The van der Waals surface area contributed by atoms with Crippen molar-refractivity contribution in [3.63, 3.8) is 0 Å². The average molecular weight is 432 g/mol. The Labute approximate surface area is 177 Å². The van der Waals surface area contributed by atoms with E-state index in [1.165, 1.54) is 13.2 Å². The Kier molecular flexibility index (Phi) is 5.28. The molecule has 164 valence electrons. The number of rotatable bonds is 6. The Hall–Kier alpha value is -3.23. The number of aromatic nitrogens is 2. The van der Waals surface area contributed by atoms with Crippen LogP contribution in [0.3, 0.4) is 0 Å². The SMILES string of the molecule is COc1cc2nc(C3CC3)nc(NC(C)c3cc(N)cc(C(F)(F)F)c3)c2cc1OC. The highest BCUT2D eigenvalue weighted by molar-refractivity contribution is 5.92. The van der Waals surface area contributed by atoms with Gasteiger partial charge < -0.3 is 20.5 Å². The van der Waals surface area contributed by atoms with Crippen LogP contribution < -0.4 is 20.5 Å². The number of methoxy groups -OCH3 is 2. The van der Waals surface area contributed by atoms with Crippen molar-refractivity contribution < 1.29 is 22.6 Å². The smallest absolute Gasteiger partial charge is 0.416 e. The summed E-state index contributed by atoms with van der Waals surface area (Å²) < 4.78 is 50.5. The Morgan fingerprint density at radius 2 is 1.71 bits per heavy atom. The second kappa shape index (κ2) is 7.79. The first kappa shape index (κ1) is 21.0. The van der Waals surface area contributed by atoms with E-state index in [0.29, 0.717) is 39.6 Å². The van der Waals surface area contributed by atoms with Gasteiger partial charge in [0, 0.05) is 23.1 Å². The summed E-state index contributed by atoms with van der Waals surface area (Å²) in [6.07, 6.45) is -2.45. The van der Waals surface area contributed by atoms with E-state index in [4.69, 9.17) is 15.2 Å². The number of benzene rings is 2. The number of anilines is 2. The van der Waals surface area contributed by atoms with E-state index in [9.17, 15) is 13.2 Å². The van der Waals surface area contributed by atoms with E-state index in [1.54, 1.807) is 26.2 Å². The van der Waals surface area contributed by atoms with Crippen molar-refractivity contribution in [3.05, 3.63) is 47.3 Å². The molecule has 9 heteroatoms. The van der Waals surface area contributed by atoms with Crippen molar-refractivity contribution in [1.82, 2.24) is 9.97 Å². The standard InChI is InChI=1S/C22H23F3N4O2/c1-11(13-6-14(22(23,24)25)8-15(26)7-13)27-21-16-9-18(30-2)19(31-3)10-17(16)28-20(29-21)12-4-5-12/h6-12H,4-5,26H2,1-3H3,(H,27,28,29). The molecule has 1 aromatic heterocycles. The second-order valence-corrected chi connectivity index (χ2v) is 7.68. The number of hydrogen-bond acceptors (Lipinski definition) is 6. The third-order valence-electron chi connectivity index (χ3n) is 5.32. The number of halogens is 3. The summed E-state index contributed by atoms with van der Waals surface area (Å²) in [5, 5.41) is 3.94. The fourth-order valence-electron chi connectivity index (χ4n) is 3.49. The summed E-state index contributed by atoms with van der Waals surface area (Å²) in [4.78, 5) is 9.35. The second-order valence-electron chi connectivity index (χ2n) is 7.68. The van der Waals surface area contributed by atoms with E-state index in [-0.39, 0.29) is 11.6 Å². The highest BCUT2D eigenvalue weighted by Crippen LogP contribution is 2.42. The number of ether oxygens (including phenoxy) is 2. The Morgan fingerprint density at radius 3 is 2.32 bits per heavy atom. The van der Waals surface area contributed by atoms with Crippen molar-refractivity contribution in [2.45, 2.75) is 37.9 Å². The van der Waals surface area contributed by atoms with Gasteiger partial charge in [0.2, 0.25) is 0 Å². The van der Waals surface area contributed by atoms with Crippen LogP contribution in [-0.4, -0.2) is 24.2 Å². The molecule has 1 fully saturated rings. The van der Waals surface area contributed by atoms with Crippen LogP contribution in [0.25, 0.3) is 10.9 Å². The Bertz CT molecular complexity index is 1130. The Morgan fingerprint density at radius 1 is 1.03 bits per heavy atom. The minimum absolute atomic E-state index is 0.0519. The summed E-state index contributed by atoms with van der Waals surface area (Å²) in [7, 11) is 3.08. The van der Waals surface area contributed by atoms with Crippen molar-refractivity contribution in [2.75, 3.05) is 25.3 Å². The summed E-state index contributed by atoms with van der Waals surface area (Å²) in [5.41, 5.74) is 6.09. The molecule has 1 atom stereocenters. The van der Waals surface area contributed by atoms with Gasteiger partial charge in [0.25, 0.3) is 0 Å². The molecule has 31 heavy (non-hydrogen) atoms. The zero-order chi connectivity index (χ0) is 22.3. The number of hydrogen-bond donors (Lipinski definition) is 2. The molecule has 0 spiro atoms. The monoisotopic (exact) mass is 432 g/mol. The number of nitrogens with two attached hydrogens (primary N) is 1. The van der Waals surface area contributed by atoms with Crippen molar-refractivity contribution >= 4 is 22.4 Å². The highest BCUT2D eigenvalue weighted by atomic mass is 19.4. The molecule has 1 aliphatic rings. The predicted octanol–water partition coefficient (Wildman–Crippen LogP) is 5.30. The first-order valence-corrected chi connectivity index (χ1v) is 9.87. The van der Waals surface area contributed by atoms with E-state index in [1.807, 2.05) is 0 Å². The molecule has 3 N–H and O–H groups in total. The van der Waals surface area contributed by atoms with Gasteiger partial charge in [-0.25, -0.2) is 9.97 Å². The van der Waals surface area contributed by atoms with Gasteiger partial charge in [-0.05, 0) is 49.6 Å². The fraction of sp³-hybridized carbons (Fsp3) is 0.364. The van der Waals surface area contributed by atoms with Gasteiger partial charge in [0.1, 0.15) is 11.6 Å². The zero-order valence-corrected chi connectivity index (χ0v) is 17.4. The molecule has 3 aromatic rings. The molecule has 0 radical (unpaired) electrons. The lowest BCUT2D eigenvalue weighted by Gasteiger charge is -2.20. The van der Waals surface area contributed by atoms with Crippen molar-refractivity contribution in [1.29, 1.82) is 0 Å². The molecule has 0 amide bonds. The molecule has 0 aliphatic heterocycles. The zero-order valence-electron chi connectivity index (χ0n) is 17.4. The predicted molar refractivity (Wildman–Crippen MR) is 113 cm³/mol. The third kappa shape index (κ3) is 4.30. The van der Waals surface area contributed by atoms with Crippen LogP contribution in [0.15, 0.2) is 30.3 Å². The highest BCUT2D eigenvalue weighted by Gasteiger charge is 2.32. The van der Waals surface area contributed by atoms with E-state index in [0.717, 1.165) is 25.0 Å². The van der Waals surface area contributed by atoms with Crippen LogP contribution in [0.2, 0.25) is 0 Å². The molecule has 0 bridgehead atoms. The van der Waals surface area contributed by atoms with Crippen LogP contribution in [-0.2, 0) is 6.18 Å². The Balaban J connectivity index is 1.77. The third-order valence-corrected chi connectivity index (χ3v) is 5.32. The van der Waals surface area contributed by atoms with Crippen LogP contribution >= 0.6 is 0 Å². The molecular formula is C22H23F3N4O2. The van der Waals surface area contributed by atoms with Crippen molar-refractivity contribution in [2.24, 2.45) is 0 Å². The van der Waals surface area contributed by atoms with E-state index >= 15 is 0 Å². The molecule has 4 rings (SSSR count). The molecule has 1 saturated carbocycles. The number of nitrogens with zero attached hydrogens (tertiary/aromatic N) is 2. The minimum atomic E-state index is -4.48. The first-order chi connectivity index (χ1) is 14.7. The largest absolute Gasteiger partial charge is 0.493 e. The lowest BCUT2D eigenvalue weighted by molar-refractivity contribution is -0.137. The molecule has 0 saturated heterocycles. The number of alkyl halides is 3.